The number of amidine groups is 1. The molecule has 2 aromatic rings. The Balaban J connectivity index is 1.84. The molecule has 0 fully saturated rings. The average molecular weight is 304 g/mol. The van der Waals surface area contributed by atoms with E-state index in [0.717, 1.165) is 29.9 Å². The van der Waals surface area contributed by atoms with E-state index in [9.17, 15) is 4.79 Å². The normalized spacial score (nSPS) is 16.7. The molecular formula is C18H16N4O. The Labute approximate surface area is 134 Å². The number of anilines is 2. The molecule has 1 aromatic carbocycles. The highest BCUT2D eigenvalue weighted by atomic mass is 16.1. The molecule has 0 atom stereocenters. The maximum Gasteiger partial charge on any atom is 0.168 e. The first-order chi connectivity index (χ1) is 11.3. The Bertz CT molecular complexity index is 824. The number of carbonyl (C=O) groups is 1. The lowest BCUT2D eigenvalue weighted by Gasteiger charge is -2.20. The molecule has 1 aliphatic heterocycles. The van der Waals surface area contributed by atoms with Crippen LogP contribution in [-0.2, 0) is 4.79 Å². The van der Waals surface area contributed by atoms with E-state index in [-0.39, 0.29) is 5.78 Å². The van der Waals surface area contributed by atoms with Gasteiger partial charge in [-0.05, 0) is 37.1 Å². The fraction of sp³-hybridized carbons (Fsp3) is 0.167. The maximum atomic E-state index is 12.5. The van der Waals surface area contributed by atoms with Crippen LogP contribution in [0.3, 0.4) is 0 Å². The first kappa shape index (κ1) is 13.7. The van der Waals surface area contributed by atoms with Crippen molar-refractivity contribution in [3.05, 3.63) is 59.9 Å². The standard InChI is InChI=1S/C18H16N4O/c23-15-10-4-8-13-16(15)18(20-12-6-2-1-3-7-12)22-14-9-5-11-19-17(14)21-13/h1-3,5-7,9,11H,4,8,10H2,(H,19,21)(H,20,22). The monoisotopic (exact) mass is 304 g/mol. The summed E-state index contributed by atoms with van der Waals surface area (Å²) >= 11 is 0. The van der Waals surface area contributed by atoms with Crippen molar-refractivity contribution in [2.45, 2.75) is 19.3 Å². The third-order valence-corrected chi connectivity index (χ3v) is 3.97. The summed E-state index contributed by atoms with van der Waals surface area (Å²) in [5.41, 5.74) is 3.19. The molecule has 2 aliphatic rings. The van der Waals surface area contributed by atoms with Crippen LogP contribution in [0, 0.1) is 0 Å². The van der Waals surface area contributed by atoms with Gasteiger partial charge >= 0.3 is 0 Å². The predicted octanol–water partition coefficient (Wildman–Crippen LogP) is 3.66. The van der Waals surface area contributed by atoms with Gasteiger partial charge in [0.2, 0.25) is 0 Å². The Morgan fingerprint density at radius 1 is 1.04 bits per heavy atom. The van der Waals surface area contributed by atoms with Gasteiger partial charge < -0.3 is 10.6 Å². The largest absolute Gasteiger partial charge is 0.341 e. The molecular weight excluding hydrogens is 288 g/mol. The Morgan fingerprint density at radius 3 is 2.78 bits per heavy atom. The van der Waals surface area contributed by atoms with Gasteiger partial charge in [0, 0.05) is 24.0 Å². The van der Waals surface area contributed by atoms with E-state index in [0.29, 0.717) is 23.6 Å². The number of hydrogen-bond donors (Lipinski definition) is 2. The zero-order chi connectivity index (χ0) is 15.6. The number of Topliss-reactive ketones (excluding diaryl/α,β-unsaturated/α-hetero) is 1. The topological polar surface area (TPSA) is 66.4 Å². The van der Waals surface area contributed by atoms with Crippen molar-refractivity contribution >= 4 is 28.8 Å². The highest BCUT2D eigenvalue weighted by molar-refractivity contribution is 6.28. The van der Waals surface area contributed by atoms with Gasteiger partial charge in [-0.15, -0.1) is 0 Å². The number of nitrogens with zero attached hydrogens (tertiary/aromatic N) is 2. The Kier molecular flexibility index (Phi) is 3.38. The minimum atomic E-state index is 0.119. The van der Waals surface area contributed by atoms with Gasteiger partial charge in [-0.1, -0.05) is 18.2 Å². The molecule has 5 nitrogen and oxygen atoms in total. The van der Waals surface area contributed by atoms with E-state index in [1.165, 1.54) is 0 Å². The van der Waals surface area contributed by atoms with E-state index in [4.69, 9.17) is 0 Å². The number of ketones is 1. The fourth-order valence-corrected chi connectivity index (χ4v) is 2.90. The molecule has 1 aromatic heterocycles. The molecule has 0 amide bonds. The third-order valence-electron chi connectivity index (χ3n) is 3.97. The molecule has 0 spiro atoms. The van der Waals surface area contributed by atoms with Crippen molar-refractivity contribution in [3.63, 3.8) is 0 Å². The first-order valence-corrected chi connectivity index (χ1v) is 7.71. The van der Waals surface area contributed by atoms with Gasteiger partial charge in [0.25, 0.3) is 0 Å². The summed E-state index contributed by atoms with van der Waals surface area (Å²) in [5.74, 6) is 1.41. The first-order valence-electron chi connectivity index (χ1n) is 7.71. The number of aromatic nitrogens is 1. The number of rotatable bonds is 1. The van der Waals surface area contributed by atoms with E-state index in [1.54, 1.807) is 6.20 Å². The van der Waals surface area contributed by atoms with Crippen molar-refractivity contribution in [2.24, 2.45) is 4.99 Å². The van der Waals surface area contributed by atoms with Gasteiger partial charge in [-0.2, -0.15) is 0 Å². The molecule has 0 radical (unpaired) electrons. The number of benzene rings is 1. The van der Waals surface area contributed by atoms with E-state index in [2.05, 4.69) is 20.6 Å². The van der Waals surface area contributed by atoms with Gasteiger partial charge in [0.15, 0.2) is 11.6 Å². The maximum absolute atomic E-state index is 12.5. The summed E-state index contributed by atoms with van der Waals surface area (Å²) in [6, 6.07) is 13.5. The number of fused-ring (bicyclic) bond motifs is 1. The second kappa shape index (κ2) is 5.68. The van der Waals surface area contributed by atoms with Crippen LogP contribution in [0.1, 0.15) is 19.3 Å². The van der Waals surface area contributed by atoms with Crippen LogP contribution in [0.4, 0.5) is 17.2 Å². The summed E-state index contributed by atoms with van der Waals surface area (Å²) in [4.78, 5) is 21.5. The molecule has 0 unspecified atom stereocenters. The van der Waals surface area contributed by atoms with Crippen molar-refractivity contribution in [3.8, 4) is 0 Å². The van der Waals surface area contributed by atoms with Crippen LogP contribution in [0.2, 0.25) is 0 Å². The van der Waals surface area contributed by atoms with Crippen molar-refractivity contribution in [1.82, 2.24) is 4.98 Å². The quantitative estimate of drug-likeness (QED) is 0.844. The van der Waals surface area contributed by atoms with Crippen molar-refractivity contribution < 1.29 is 4.79 Å². The number of hydrogen-bond acceptors (Lipinski definition) is 5. The molecule has 5 heteroatoms. The molecule has 4 rings (SSSR count). The molecule has 1 aliphatic carbocycles. The van der Waals surface area contributed by atoms with Crippen LogP contribution in [0.15, 0.2) is 64.9 Å². The van der Waals surface area contributed by atoms with Crippen LogP contribution in [0.5, 0.6) is 0 Å². The molecule has 0 saturated heterocycles. The van der Waals surface area contributed by atoms with E-state index in [1.807, 2.05) is 42.5 Å². The second-order valence-corrected chi connectivity index (χ2v) is 5.58. The number of aliphatic imine (C=N–C) groups is 1. The summed E-state index contributed by atoms with van der Waals surface area (Å²) in [5, 5.41) is 6.60. The predicted molar refractivity (Wildman–Crippen MR) is 90.9 cm³/mol. The van der Waals surface area contributed by atoms with E-state index >= 15 is 0 Å². The lowest BCUT2D eigenvalue weighted by molar-refractivity contribution is -0.115. The van der Waals surface area contributed by atoms with Crippen LogP contribution in [-0.4, -0.2) is 16.6 Å². The minimum absolute atomic E-state index is 0.119. The van der Waals surface area contributed by atoms with Crippen LogP contribution in [0.25, 0.3) is 0 Å². The lowest BCUT2D eigenvalue weighted by Crippen LogP contribution is -2.26. The number of pyridine rings is 1. The summed E-state index contributed by atoms with van der Waals surface area (Å²) in [7, 11) is 0. The molecule has 114 valence electrons. The zero-order valence-electron chi connectivity index (χ0n) is 12.5. The number of allylic oxidation sites excluding steroid dienone is 1. The van der Waals surface area contributed by atoms with Crippen molar-refractivity contribution in [1.29, 1.82) is 0 Å². The van der Waals surface area contributed by atoms with Gasteiger partial charge in [0.1, 0.15) is 11.5 Å². The smallest absolute Gasteiger partial charge is 0.168 e. The van der Waals surface area contributed by atoms with Crippen LogP contribution >= 0.6 is 0 Å². The van der Waals surface area contributed by atoms with Crippen molar-refractivity contribution in [2.75, 3.05) is 10.6 Å². The Morgan fingerprint density at radius 2 is 1.91 bits per heavy atom. The van der Waals surface area contributed by atoms with Gasteiger partial charge in [-0.3, -0.25) is 4.79 Å². The van der Waals surface area contributed by atoms with Gasteiger partial charge in [-0.25, -0.2) is 9.98 Å². The molecule has 2 N–H and O–H groups in total. The number of carbonyl (C=O) groups excluding carboxylic acids is 1. The Hall–Kier alpha value is -2.95. The van der Waals surface area contributed by atoms with Gasteiger partial charge in [0.05, 0.1) is 5.57 Å². The summed E-state index contributed by atoms with van der Waals surface area (Å²) in [6.07, 6.45) is 3.96. The molecule has 0 bridgehead atoms. The highest BCUT2D eigenvalue weighted by Crippen LogP contribution is 2.33. The summed E-state index contributed by atoms with van der Waals surface area (Å²) < 4.78 is 0. The zero-order valence-corrected chi connectivity index (χ0v) is 12.5. The minimum Gasteiger partial charge on any atom is -0.341 e. The molecule has 2 heterocycles. The molecule has 0 saturated carbocycles. The lowest BCUT2D eigenvalue weighted by atomic mass is 9.94. The van der Waals surface area contributed by atoms with E-state index < -0.39 is 0 Å². The molecule has 23 heavy (non-hydrogen) atoms. The number of nitrogens with one attached hydrogen (secondary N) is 2. The fourth-order valence-electron chi connectivity index (χ4n) is 2.90. The van der Waals surface area contributed by atoms with Crippen LogP contribution < -0.4 is 10.6 Å². The number of para-hydroxylation sites is 1. The second-order valence-electron chi connectivity index (χ2n) is 5.58. The summed E-state index contributed by atoms with van der Waals surface area (Å²) in [6.45, 7) is 0. The third kappa shape index (κ3) is 2.61. The average Bonchev–Trinajstić information content (AvgIpc) is 2.73. The SMILES string of the molecule is O=C1CCCC2=C1C(Nc1ccccc1)=Nc1cccnc1N2. The highest BCUT2D eigenvalue weighted by Gasteiger charge is 2.28.